The van der Waals surface area contributed by atoms with Crippen LogP contribution in [-0.2, 0) is 0 Å². The molecule has 0 amide bonds. The summed E-state index contributed by atoms with van der Waals surface area (Å²) < 4.78 is 0. The number of rotatable bonds is 2. The molecule has 0 aromatic carbocycles. The Bertz CT molecular complexity index is 226. The van der Waals surface area contributed by atoms with E-state index in [9.17, 15) is 5.26 Å². The summed E-state index contributed by atoms with van der Waals surface area (Å²) in [7, 11) is 0. The third-order valence-electron chi connectivity index (χ3n) is 3.73. The molecule has 0 spiro atoms. The number of hydrogen-bond donors (Lipinski definition) is 0. The standard InChI is InChI=1S/C12H19N/c1-4-10(2)12(9-13)8-6-5-7-11(12)3/h4,10-11H,1,5-8H2,2-3H3. The van der Waals surface area contributed by atoms with Crippen LogP contribution in [0, 0.1) is 28.6 Å². The van der Waals surface area contributed by atoms with E-state index in [2.05, 4.69) is 26.5 Å². The molecule has 0 saturated heterocycles. The van der Waals surface area contributed by atoms with Gasteiger partial charge in [-0.2, -0.15) is 5.26 Å². The molecule has 1 saturated carbocycles. The molecule has 1 rings (SSSR count). The topological polar surface area (TPSA) is 23.8 Å². The van der Waals surface area contributed by atoms with Gasteiger partial charge in [-0.25, -0.2) is 0 Å². The Morgan fingerprint density at radius 1 is 1.62 bits per heavy atom. The van der Waals surface area contributed by atoms with Gasteiger partial charge in [0.1, 0.15) is 0 Å². The first-order chi connectivity index (χ1) is 6.17. The van der Waals surface area contributed by atoms with E-state index < -0.39 is 0 Å². The lowest BCUT2D eigenvalue weighted by molar-refractivity contribution is 0.130. The molecule has 1 fully saturated rings. The van der Waals surface area contributed by atoms with Gasteiger partial charge in [0.05, 0.1) is 11.5 Å². The van der Waals surface area contributed by atoms with Crippen molar-refractivity contribution in [3.63, 3.8) is 0 Å². The summed E-state index contributed by atoms with van der Waals surface area (Å²) in [6.07, 6.45) is 6.68. The van der Waals surface area contributed by atoms with E-state index in [4.69, 9.17) is 0 Å². The van der Waals surface area contributed by atoms with Gasteiger partial charge in [-0.3, -0.25) is 0 Å². The summed E-state index contributed by atoms with van der Waals surface area (Å²) in [5.41, 5.74) is -0.125. The fourth-order valence-corrected chi connectivity index (χ4v) is 2.53. The fourth-order valence-electron chi connectivity index (χ4n) is 2.53. The van der Waals surface area contributed by atoms with Crippen LogP contribution in [0.4, 0.5) is 0 Å². The van der Waals surface area contributed by atoms with Crippen molar-refractivity contribution in [2.45, 2.75) is 39.5 Å². The van der Waals surface area contributed by atoms with Crippen molar-refractivity contribution in [3.05, 3.63) is 12.7 Å². The zero-order valence-corrected chi connectivity index (χ0v) is 8.71. The Kier molecular flexibility index (Phi) is 3.14. The van der Waals surface area contributed by atoms with Gasteiger partial charge in [0, 0.05) is 0 Å². The van der Waals surface area contributed by atoms with E-state index >= 15 is 0 Å². The summed E-state index contributed by atoms with van der Waals surface area (Å²) in [6.45, 7) is 8.15. The van der Waals surface area contributed by atoms with Crippen LogP contribution in [0.25, 0.3) is 0 Å². The zero-order valence-electron chi connectivity index (χ0n) is 8.71. The van der Waals surface area contributed by atoms with Crippen molar-refractivity contribution >= 4 is 0 Å². The highest BCUT2D eigenvalue weighted by molar-refractivity contribution is 5.10. The van der Waals surface area contributed by atoms with Crippen LogP contribution in [0.3, 0.4) is 0 Å². The van der Waals surface area contributed by atoms with Gasteiger partial charge < -0.3 is 0 Å². The minimum Gasteiger partial charge on any atom is -0.198 e. The van der Waals surface area contributed by atoms with Crippen LogP contribution in [-0.4, -0.2) is 0 Å². The van der Waals surface area contributed by atoms with Gasteiger partial charge in [0.25, 0.3) is 0 Å². The smallest absolute Gasteiger partial charge is 0.0698 e. The Morgan fingerprint density at radius 2 is 2.31 bits per heavy atom. The second-order valence-electron chi connectivity index (χ2n) is 4.32. The summed E-state index contributed by atoms with van der Waals surface area (Å²) >= 11 is 0. The molecular weight excluding hydrogens is 158 g/mol. The molecule has 0 aliphatic heterocycles. The van der Waals surface area contributed by atoms with Gasteiger partial charge in [0.15, 0.2) is 0 Å². The third-order valence-corrected chi connectivity index (χ3v) is 3.73. The first-order valence-electron chi connectivity index (χ1n) is 5.21. The molecule has 13 heavy (non-hydrogen) atoms. The molecule has 0 radical (unpaired) electrons. The lowest BCUT2D eigenvalue weighted by Crippen LogP contribution is -2.36. The van der Waals surface area contributed by atoms with Gasteiger partial charge in [-0.15, -0.1) is 6.58 Å². The summed E-state index contributed by atoms with van der Waals surface area (Å²) in [4.78, 5) is 0. The van der Waals surface area contributed by atoms with Crippen LogP contribution < -0.4 is 0 Å². The highest BCUT2D eigenvalue weighted by Crippen LogP contribution is 2.46. The Labute approximate surface area is 81.5 Å². The fraction of sp³-hybridized carbons (Fsp3) is 0.750. The minimum absolute atomic E-state index is 0.125. The quantitative estimate of drug-likeness (QED) is 0.592. The predicted octanol–water partition coefficient (Wildman–Crippen LogP) is 3.53. The monoisotopic (exact) mass is 177 g/mol. The van der Waals surface area contributed by atoms with Crippen molar-refractivity contribution < 1.29 is 0 Å². The molecule has 1 aliphatic carbocycles. The number of nitrogens with zero attached hydrogens (tertiary/aromatic N) is 1. The maximum absolute atomic E-state index is 9.32. The molecule has 0 heterocycles. The first kappa shape index (κ1) is 10.3. The Balaban J connectivity index is 2.89. The minimum atomic E-state index is -0.125. The number of hydrogen-bond acceptors (Lipinski definition) is 1. The molecule has 0 aromatic heterocycles. The van der Waals surface area contributed by atoms with Gasteiger partial charge in [0.2, 0.25) is 0 Å². The van der Waals surface area contributed by atoms with Crippen molar-refractivity contribution in [2.24, 2.45) is 17.3 Å². The van der Waals surface area contributed by atoms with Crippen molar-refractivity contribution in [1.82, 2.24) is 0 Å². The molecule has 3 atom stereocenters. The summed E-state index contributed by atoms with van der Waals surface area (Å²) in [5.74, 6) is 0.854. The van der Waals surface area contributed by atoms with Crippen molar-refractivity contribution in [1.29, 1.82) is 5.26 Å². The SMILES string of the molecule is C=CC(C)C1(C#N)CCCCC1C. The zero-order chi connectivity index (χ0) is 9.90. The molecule has 0 N–H and O–H groups in total. The van der Waals surface area contributed by atoms with E-state index in [1.807, 2.05) is 6.08 Å². The van der Waals surface area contributed by atoms with E-state index in [1.165, 1.54) is 19.3 Å². The van der Waals surface area contributed by atoms with Crippen LogP contribution >= 0.6 is 0 Å². The molecule has 3 unspecified atom stereocenters. The van der Waals surface area contributed by atoms with Crippen LogP contribution in [0.15, 0.2) is 12.7 Å². The molecule has 0 aromatic rings. The van der Waals surface area contributed by atoms with Gasteiger partial charge in [-0.05, 0) is 24.7 Å². The molecular formula is C12H19N. The van der Waals surface area contributed by atoms with E-state index in [0.29, 0.717) is 11.8 Å². The lowest BCUT2D eigenvalue weighted by atomic mass is 9.61. The van der Waals surface area contributed by atoms with Crippen LogP contribution in [0.5, 0.6) is 0 Å². The van der Waals surface area contributed by atoms with E-state index in [-0.39, 0.29) is 5.41 Å². The lowest BCUT2D eigenvalue weighted by Gasteiger charge is -2.40. The Hall–Kier alpha value is -0.770. The molecule has 1 heteroatoms. The normalized spacial score (nSPS) is 36.2. The second kappa shape index (κ2) is 3.96. The van der Waals surface area contributed by atoms with E-state index in [1.54, 1.807) is 0 Å². The van der Waals surface area contributed by atoms with Gasteiger partial charge in [-0.1, -0.05) is 32.8 Å². The number of allylic oxidation sites excluding steroid dienone is 1. The van der Waals surface area contributed by atoms with E-state index in [0.717, 1.165) is 6.42 Å². The molecule has 1 nitrogen and oxygen atoms in total. The summed E-state index contributed by atoms with van der Waals surface area (Å²) in [5, 5.41) is 9.32. The molecule has 0 bridgehead atoms. The Morgan fingerprint density at radius 3 is 2.77 bits per heavy atom. The molecule has 1 aliphatic rings. The second-order valence-corrected chi connectivity index (χ2v) is 4.32. The maximum atomic E-state index is 9.32. The van der Waals surface area contributed by atoms with Crippen molar-refractivity contribution in [2.75, 3.05) is 0 Å². The molecule has 72 valence electrons. The van der Waals surface area contributed by atoms with Crippen LogP contribution in [0.1, 0.15) is 39.5 Å². The highest BCUT2D eigenvalue weighted by atomic mass is 14.5. The predicted molar refractivity (Wildman–Crippen MR) is 55.0 cm³/mol. The largest absolute Gasteiger partial charge is 0.198 e. The van der Waals surface area contributed by atoms with Crippen LogP contribution in [0.2, 0.25) is 0 Å². The first-order valence-corrected chi connectivity index (χ1v) is 5.21. The van der Waals surface area contributed by atoms with Gasteiger partial charge >= 0.3 is 0 Å². The maximum Gasteiger partial charge on any atom is 0.0698 e. The van der Waals surface area contributed by atoms with Crippen molar-refractivity contribution in [3.8, 4) is 6.07 Å². The highest BCUT2D eigenvalue weighted by Gasteiger charge is 2.41. The third kappa shape index (κ3) is 1.63. The summed E-state index contributed by atoms with van der Waals surface area (Å²) in [6, 6.07) is 2.55. The average Bonchev–Trinajstić information content (AvgIpc) is 2.18. The number of nitriles is 1. The average molecular weight is 177 g/mol.